The molecule has 0 spiro atoms. The number of pyridine rings is 1. The van der Waals surface area contributed by atoms with Crippen LogP contribution in [0.2, 0.25) is 0 Å². The first-order chi connectivity index (χ1) is 19.4. The average Bonchev–Trinajstić information content (AvgIpc) is 3.66. The topological polar surface area (TPSA) is 131 Å². The monoisotopic (exact) mass is 553 g/mol. The molecule has 0 aliphatic carbocycles. The van der Waals surface area contributed by atoms with Crippen molar-refractivity contribution in [3.05, 3.63) is 94.5 Å². The number of aryl methyl sites for hydroxylation is 1. The highest BCUT2D eigenvalue weighted by Crippen LogP contribution is 2.43. The third-order valence-corrected chi connectivity index (χ3v) is 7.88. The van der Waals surface area contributed by atoms with Gasteiger partial charge in [-0.15, -0.1) is 11.3 Å². The number of H-pyrrole nitrogens is 1. The fraction of sp³-hybridized carbons (Fsp3) is 0.138. The van der Waals surface area contributed by atoms with Crippen LogP contribution in [0.25, 0.3) is 21.6 Å². The van der Waals surface area contributed by atoms with Gasteiger partial charge in [0, 0.05) is 30.1 Å². The molecule has 0 radical (unpaired) electrons. The molecular formula is C29H23N5O5S. The van der Waals surface area contributed by atoms with E-state index in [1.54, 1.807) is 43.6 Å². The van der Waals surface area contributed by atoms with Crippen molar-refractivity contribution in [2.24, 2.45) is 0 Å². The molecule has 1 aliphatic rings. The molecule has 4 heterocycles. The number of rotatable bonds is 7. The number of nitrogens with zero attached hydrogens (tertiary/aromatic N) is 4. The predicted molar refractivity (Wildman–Crippen MR) is 150 cm³/mol. The Labute approximate surface area is 232 Å². The highest BCUT2D eigenvalue weighted by Gasteiger charge is 2.46. The van der Waals surface area contributed by atoms with Gasteiger partial charge >= 0.3 is 0 Å². The number of thiazole rings is 1. The van der Waals surface area contributed by atoms with Crippen molar-refractivity contribution < 1.29 is 24.2 Å². The Bertz CT molecular complexity index is 1750. The van der Waals surface area contributed by atoms with Crippen molar-refractivity contribution in [3.63, 3.8) is 0 Å². The van der Waals surface area contributed by atoms with Crippen LogP contribution in [-0.4, -0.2) is 51.0 Å². The minimum absolute atomic E-state index is 0.0695. The summed E-state index contributed by atoms with van der Waals surface area (Å²) in [4.78, 5) is 45.8. The molecule has 2 N–H and O–H groups in total. The molecule has 0 fully saturated rings. The number of ketones is 1. The first kappa shape index (κ1) is 25.3. The molecular weight excluding hydrogens is 530 g/mol. The molecule has 1 unspecified atom stereocenters. The summed E-state index contributed by atoms with van der Waals surface area (Å²) in [5.41, 5.74) is 2.93. The van der Waals surface area contributed by atoms with Crippen LogP contribution in [0.4, 0.5) is 5.95 Å². The Kier molecular flexibility index (Phi) is 6.27. The van der Waals surface area contributed by atoms with Crippen LogP contribution in [0.3, 0.4) is 0 Å². The zero-order valence-corrected chi connectivity index (χ0v) is 22.5. The Morgan fingerprint density at radius 2 is 1.80 bits per heavy atom. The number of nitrogens with one attached hydrogen (secondary N) is 1. The average molecular weight is 554 g/mol. The van der Waals surface area contributed by atoms with Crippen molar-refractivity contribution in [2.45, 2.75) is 13.0 Å². The minimum Gasteiger partial charge on any atom is -0.503 e. The van der Waals surface area contributed by atoms with Crippen LogP contribution in [0.5, 0.6) is 11.5 Å². The molecule has 0 bridgehead atoms. The number of imidazole rings is 1. The smallest absolute Gasteiger partial charge is 0.296 e. The molecule has 11 heteroatoms. The first-order valence-corrected chi connectivity index (χ1v) is 13.1. The number of fused-ring (bicyclic) bond motifs is 1. The molecule has 200 valence electrons. The van der Waals surface area contributed by atoms with E-state index < -0.39 is 23.5 Å². The zero-order chi connectivity index (χ0) is 28.0. The highest BCUT2D eigenvalue weighted by molar-refractivity contribution is 7.17. The number of anilines is 1. The Morgan fingerprint density at radius 3 is 2.50 bits per heavy atom. The number of carbonyl (C=O) groups excluding carboxylic acids is 2. The number of carbonyl (C=O) groups is 2. The van der Waals surface area contributed by atoms with Crippen molar-refractivity contribution in [3.8, 4) is 22.1 Å². The van der Waals surface area contributed by atoms with E-state index in [2.05, 4.69) is 19.9 Å². The van der Waals surface area contributed by atoms with Crippen molar-refractivity contribution in [2.75, 3.05) is 19.1 Å². The molecule has 1 amide bonds. The molecule has 5 aromatic rings. The third kappa shape index (κ3) is 4.07. The maximum Gasteiger partial charge on any atom is 0.296 e. The number of hydrogen-bond acceptors (Lipinski definition) is 9. The number of aromatic amines is 1. The van der Waals surface area contributed by atoms with Crippen molar-refractivity contribution in [1.82, 2.24) is 19.9 Å². The number of aliphatic hydroxyl groups excluding tert-OH is 1. The molecule has 10 nitrogen and oxygen atoms in total. The van der Waals surface area contributed by atoms with Crippen LogP contribution in [-0.2, 0) is 4.79 Å². The molecule has 6 rings (SSSR count). The first-order valence-electron chi connectivity index (χ1n) is 12.3. The van der Waals surface area contributed by atoms with Gasteiger partial charge in [-0.1, -0.05) is 36.4 Å². The summed E-state index contributed by atoms with van der Waals surface area (Å²) in [6.45, 7) is 1.74. The van der Waals surface area contributed by atoms with E-state index in [1.165, 1.54) is 30.5 Å². The molecule has 0 saturated heterocycles. The number of amides is 1. The van der Waals surface area contributed by atoms with Gasteiger partial charge in [0.1, 0.15) is 5.01 Å². The lowest BCUT2D eigenvalue weighted by Crippen LogP contribution is -2.32. The number of aliphatic hydroxyl groups is 1. The fourth-order valence-corrected chi connectivity index (χ4v) is 5.81. The number of benzene rings is 2. The zero-order valence-electron chi connectivity index (χ0n) is 21.7. The molecule has 0 saturated carbocycles. The maximum atomic E-state index is 14.1. The van der Waals surface area contributed by atoms with E-state index in [0.29, 0.717) is 43.7 Å². The number of aromatic nitrogens is 4. The SMILES string of the molecule is COc1cc2nc(N3C(=O)C(O)=C(C(=O)c4sc(-c5ccccc5)nc4C)C3c3cccnc3)[nH]c2cc1OC. The van der Waals surface area contributed by atoms with Gasteiger partial charge in [0.25, 0.3) is 5.91 Å². The minimum atomic E-state index is -0.986. The van der Waals surface area contributed by atoms with Crippen molar-refractivity contribution in [1.29, 1.82) is 0 Å². The van der Waals surface area contributed by atoms with Crippen LogP contribution in [0.15, 0.2) is 78.3 Å². The number of Topliss-reactive ketones (excluding diaryl/α,β-unsaturated/α-hetero) is 1. The van der Waals surface area contributed by atoms with E-state index in [9.17, 15) is 14.7 Å². The fourth-order valence-electron chi connectivity index (χ4n) is 4.78. The van der Waals surface area contributed by atoms with E-state index in [-0.39, 0.29) is 11.5 Å². The summed E-state index contributed by atoms with van der Waals surface area (Å²) in [6, 6.07) is 15.4. The van der Waals surface area contributed by atoms with E-state index in [4.69, 9.17) is 9.47 Å². The van der Waals surface area contributed by atoms with Gasteiger partial charge in [0.2, 0.25) is 11.7 Å². The summed E-state index contributed by atoms with van der Waals surface area (Å²) in [5, 5.41) is 11.8. The molecule has 1 aliphatic heterocycles. The lowest BCUT2D eigenvalue weighted by atomic mass is 9.96. The normalized spacial score (nSPS) is 15.2. The van der Waals surface area contributed by atoms with Gasteiger partial charge in [-0.2, -0.15) is 0 Å². The number of hydrogen-bond donors (Lipinski definition) is 2. The molecule has 1 atom stereocenters. The lowest BCUT2D eigenvalue weighted by molar-refractivity contribution is -0.117. The highest BCUT2D eigenvalue weighted by atomic mass is 32.1. The molecule has 3 aromatic heterocycles. The summed E-state index contributed by atoms with van der Waals surface area (Å²) in [6.07, 6.45) is 3.15. The van der Waals surface area contributed by atoms with Crippen molar-refractivity contribution >= 4 is 40.0 Å². The second kappa shape index (κ2) is 9.93. The summed E-state index contributed by atoms with van der Waals surface area (Å²) >= 11 is 1.21. The molecule has 40 heavy (non-hydrogen) atoms. The van der Waals surface area contributed by atoms with Crippen LogP contribution in [0, 0.1) is 6.92 Å². The van der Waals surface area contributed by atoms with E-state index in [1.807, 2.05) is 30.3 Å². The quantitative estimate of drug-likeness (QED) is 0.263. The number of ether oxygens (including phenoxy) is 2. The van der Waals surface area contributed by atoms with Gasteiger partial charge in [-0.3, -0.25) is 19.5 Å². The second-order valence-electron chi connectivity index (χ2n) is 9.04. The van der Waals surface area contributed by atoms with E-state index >= 15 is 0 Å². The maximum absolute atomic E-state index is 14.1. The summed E-state index contributed by atoms with van der Waals surface area (Å²) < 4.78 is 10.8. The van der Waals surface area contributed by atoms with Crippen LogP contribution in [0.1, 0.15) is 27.0 Å². The standard InChI is InChI=1S/C29H23N5O5S/c1-15-26(40-27(31-15)16-8-5-4-6-9-16)24(35)22-23(17-10-7-11-30-14-17)34(28(37)25(22)36)29-32-18-12-20(38-2)21(39-3)13-19(18)33-29/h4-14,23,36H,1-3H3,(H,32,33). The second-order valence-corrected chi connectivity index (χ2v) is 10.0. The largest absolute Gasteiger partial charge is 0.503 e. The van der Waals surface area contributed by atoms with Crippen LogP contribution < -0.4 is 14.4 Å². The van der Waals surface area contributed by atoms with Gasteiger partial charge in [-0.05, 0) is 18.6 Å². The van der Waals surface area contributed by atoms with Gasteiger partial charge in [0.15, 0.2) is 17.3 Å². The van der Waals surface area contributed by atoms with E-state index in [0.717, 1.165) is 5.56 Å². The lowest BCUT2D eigenvalue weighted by Gasteiger charge is -2.24. The van der Waals surface area contributed by atoms with Gasteiger partial charge in [0.05, 0.1) is 47.4 Å². The number of methoxy groups -OCH3 is 2. The summed E-state index contributed by atoms with van der Waals surface area (Å²) in [7, 11) is 3.04. The Morgan fingerprint density at radius 1 is 1.05 bits per heavy atom. The van der Waals surface area contributed by atoms with Crippen LogP contribution >= 0.6 is 11.3 Å². The Hall–Kier alpha value is -5.03. The predicted octanol–water partition coefficient (Wildman–Crippen LogP) is 5.19. The third-order valence-electron chi connectivity index (χ3n) is 6.68. The van der Waals surface area contributed by atoms with Gasteiger partial charge in [-0.25, -0.2) is 9.97 Å². The van der Waals surface area contributed by atoms with Gasteiger partial charge < -0.3 is 19.6 Å². The molecule has 2 aromatic carbocycles. The Balaban J connectivity index is 1.47. The summed E-state index contributed by atoms with van der Waals surface area (Å²) in [5.74, 6) is -0.808.